The maximum absolute atomic E-state index is 13.4. The van der Waals surface area contributed by atoms with E-state index in [2.05, 4.69) is 11.3 Å². The minimum absolute atomic E-state index is 0.430. The Balaban J connectivity index is 2.36. The highest BCUT2D eigenvalue weighted by Gasteiger charge is 2.78. The first-order chi connectivity index (χ1) is 11.7. The van der Waals surface area contributed by atoms with Gasteiger partial charge in [0.2, 0.25) is 0 Å². The lowest BCUT2D eigenvalue weighted by atomic mass is 10.0. The SMILES string of the molecule is C=C1COC(C(F)(F)F)(C(F)(F)F)N(CC(=O)OC2(C)CCCC2)C1=O. The largest absolute Gasteiger partial charge is 0.458 e. The maximum atomic E-state index is 13.4. The van der Waals surface area contributed by atoms with E-state index in [0.29, 0.717) is 25.7 Å². The molecular formula is C15H17F6NO4. The Bertz CT molecular complexity index is 592. The minimum atomic E-state index is -6.03. The van der Waals surface area contributed by atoms with Crippen molar-refractivity contribution in [1.82, 2.24) is 4.90 Å². The molecule has 1 saturated heterocycles. The molecule has 2 rings (SSSR count). The summed E-state index contributed by atoms with van der Waals surface area (Å²) < 4.78 is 89.2. The second-order valence-electron chi connectivity index (χ2n) is 6.55. The highest BCUT2D eigenvalue weighted by atomic mass is 19.4. The monoisotopic (exact) mass is 389 g/mol. The lowest BCUT2D eigenvalue weighted by Gasteiger charge is -2.47. The second-order valence-corrected chi connectivity index (χ2v) is 6.55. The average molecular weight is 389 g/mol. The Morgan fingerprint density at radius 3 is 2.15 bits per heavy atom. The van der Waals surface area contributed by atoms with E-state index in [0.717, 1.165) is 0 Å². The number of ether oxygens (including phenoxy) is 2. The predicted octanol–water partition coefficient (Wildman–Crippen LogP) is 3.10. The van der Waals surface area contributed by atoms with Crippen LogP contribution in [0, 0.1) is 0 Å². The summed E-state index contributed by atoms with van der Waals surface area (Å²) in [7, 11) is 0. The molecule has 0 bridgehead atoms. The van der Waals surface area contributed by atoms with Crippen LogP contribution in [-0.2, 0) is 19.1 Å². The first-order valence-electron chi connectivity index (χ1n) is 7.72. The summed E-state index contributed by atoms with van der Waals surface area (Å²) in [6.45, 7) is 1.80. The summed E-state index contributed by atoms with van der Waals surface area (Å²) >= 11 is 0. The van der Waals surface area contributed by atoms with Crippen molar-refractivity contribution in [1.29, 1.82) is 0 Å². The quantitative estimate of drug-likeness (QED) is 0.423. The Kier molecular flexibility index (Phi) is 5.08. The summed E-state index contributed by atoms with van der Waals surface area (Å²) in [5.41, 5.74) is -6.55. The van der Waals surface area contributed by atoms with Crippen LogP contribution in [-0.4, -0.2) is 53.6 Å². The molecule has 0 spiro atoms. The van der Waals surface area contributed by atoms with Crippen molar-refractivity contribution in [2.75, 3.05) is 13.2 Å². The zero-order chi connectivity index (χ0) is 20.0. The lowest BCUT2D eigenvalue weighted by Crippen LogP contribution is -2.73. The van der Waals surface area contributed by atoms with Crippen LogP contribution in [0.2, 0.25) is 0 Å². The number of nitrogens with zero attached hydrogens (tertiary/aromatic N) is 1. The number of hydrogen-bond donors (Lipinski definition) is 0. The Hall–Kier alpha value is -1.78. The molecule has 11 heteroatoms. The van der Waals surface area contributed by atoms with E-state index in [-0.39, 0.29) is 0 Å². The number of carbonyl (C=O) groups is 2. The molecule has 0 aromatic rings. The molecular weight excluding hydrogens is 372 g/mol. The first kappa shape index (κ1) is 20.5. The molecule has 1 aliphatic carbocycles. The van der Waals surface area contributed by atoms with E-state index in [1.165, 1.54) is 6.92 Å². The van der Waals surface area contributed by atoms with Crippen molar-refractivity contribution in [2.45, 2.75) is 56.3 Å². The van der Waals surface area contributed by atoms with E-state index < -0.39 is 59.2 Å². The summed E-state index contributed by atoms with van der Waals surface area (Å²) in [6.07, 6.45) is -9.78. The average Bonchev–Trinajstić information content (AvgIpc) is 2.87. The molecule has 5 nitrogen and oxygen atoms in total. The Labute approximate surface area is 144 Å². The number of esters is 1. The van der Waals surface area contributed by atoms with Gasteiger partial charge in [0.15, 0.2) is 0 Å². The zero-order valence-electron chi connectivity index (χ0n) is 13.8. The molecule has 0 aromatic carbocycles. The zero-order valence-corrected chi connectivity index (χ0v) is 13.8. The standard InChI is InChI=1S/C15H17F6NO4/c1-9-8-25-13(14(16,17)18,15(19,20)21)22(11(9)24)7-10(23)26-12(2)5-3-4-6-12/h1,3-8H2,2H3. The van der Waals surface area contributed by atoms with Gasteiger partial charge < -0.3 is 9.47 Å². The van der Waals surface area contributed by atoms with E-state index >= 15 is 0 Å². The summed E-state index contributed by atoms with van der Waals surface area (Å²) in [5.74, 6) is -3.04. The van der Waals surface area contributed by atoms with Gasteiger partial charge in [0.05, 0.1) is 6.61 Å². The number of halogens is 6. The van der Waals surface area contributed by atoms with Crippen LogP contribution in [0.25, 0.3) is 0 Å². The van der Waals surface area contributed by atoms with E-state index in [1.54, 1.807) is 0 Å². The molecule has 148 valence electrons. The topological polar surface area (TPSA) is 55.8 Å². The minimum Gasteiger partial charge on any atom is -0.458 e. The van der Waals surface area contributed by atoms with Gasteiger partial charge in [-0.25, -0.2) is 0 Å². The van der Waals surface area contributed by atoms with Gasteiger partial charge in [-0.1, -0.05) is 6.58 Å². The van der Waals surface area contributed by atoms with Crippen LogP contribution >= 0.6 is 0 Å². The third-order valence-corrected chi connectivity index (χ3v) is 4.46. The summed E-state index contributed by atoms with van der Waals surface area (Å²) in [6, 6.07) is 0. The predicted molar refractivity (Wildman–Crippen MR) is 74.6 cm³/mol. The molecule has 0 atom stereocenters. The fourth-order valence-corrected chi connectivity index (χ4v) is 3.14. The molecule has 1 aliphatic heterocycles. The van der Waals surface area contributed by atoms with Crippen molar-refractivity contribution in [3.8, 4) is 0 Å². The van der Waals surface area contributed by atoms with E-state index in [1.807, 2.05) is 0 Å². The van der Waals surface area contributed by atoms with Crippen molar-refractivity contribution in [3.63, 3.8) is 0 Å². The van der Waals surface area contributed by atoms with Gasteiger partial charge in [0.25, 0.3) is 5.91 Å². The highest BCUT2D eigenvalue weighted by Crippen LogP contribution is 2.50. The number of alkyl halides is 6. The summed E-state index contributed by atoms with van der Waals surface area (Å²) in [5, 5.41) is 0. The molecule has 2 fully saturated rings. The Morgan fingerprint density at radius 1 is 1.19 bits per heavy atom. The van der Waals surface area contributed by atoms with Crippen LogP contribution in [0.4, 0.5) is 26.3 Å². The highest BCUT2D eigenvalue weighted by molar-refractivity contribution is 5.96. The van der Waals surface area contributed by atoms with Crippen molar-refractivity contribution in [3.05, 3.63) is 12.2 Å². The molecule has 1 heterocycles. The van der Waals surface area contributed by atoms with E-state index in [4.69, 9.17) is 4.74 Å². The Morgan fingerprint density at radius 2 is 1.69 bits per heavy atom. The van der Waals surface area contributed by atoms with Crippen LogP contribution < -0.4 is 0 Å². The number of rotatable bonds is 3. The van der Waals surface area contributed by atoms with Crippen molar-refractivity contribution >= 4 is 11.9 Å². The maximum Gasteiger partial charge on any atom is 0.446 e. The molecule has 1 amide bonds. The fraction of sp³-hybridized carbons (Fsp3) is 0.733. The van der Waals surface area contributed by atoms with Gasteiger partial charge in [0, 0.05) is 5.57 Å². The van der Waals surface area contributed by atoms with Crippen LogP contribution in [0.1, 0.15) is 32.6 Å². The molecule has 26 heavy (non-hydrogen) atoms. The molecule has 1 saturated carbocycles. The normalized spacial score (nSPS) is 23.3. The molecule has 2 aliphatic rings. The second kappa shape index (κ2) is 6.43. The van der Waals surface area contributed by atoms with Gasteiger partial charge >= 0.3 is 24.0 Å². The number of hydrogen-bond acceptors (Lipinski definition) is 4. The van der Waals surface area contributed by atoms with Crippen LogP contribution in [0.15, 0.2) is 12.2 Å². The van der Waals surface area contributed by atoms with Crippen LogP contribution in [0.3, 0.4) is 0 Å². The third kappa shape index (κ3) is 3.40. The first-order valence-corrected chi connectivity index (χ1v) is 7.72. The van der Waals surface area contributed by atoms with Crippen LogP contribution in [0.5, 0.6) is 0 Å². The van der Waals surface area contributed by atoms with Gasteiger partial charge in [-0.3, -0.25) is 14.5 Å². The van der Waals surface area contributed by atoms with E-state index in [9.17, 15) is 35.9 Å². The van der Waals surface area contributed by atoms with Crippen molar-refractivity contribution < 1.29 is 45.4 Å². The van der Waals surface area contributed by atoms with Gasteiger partial charge in [-0.05, 0) is 32.6 Å². The number of carbonyl (C=O) groups excluding carboxylic acids is 2. The molecule has 0 unspecified atom stereocenters. The van der Waals surface area contributed by atoms with Crippen molar-refractivity contribution in [2.24, 2.45) is 0 Å². The van der Waals surface area contributed by atoms with Gasteiger partial charge in [0.1, 0.15) is 12.1 Å². The van der Waals surface area contributed by atoms with Gasteiger partial charge in [-0.15, -0.1) is 0 Å². The molecule has 0 aromatic heterocycles. The summed E-state index contributed by atoms with van der Waals surface area (Å²) in [4.78, 5) is 23.4. The smallest absolute Gasteiger partial charge is 0.446 e. The van der Waals surface area contributed by atoms with Gasteiger partial charge in [-0.2, -0.15) is 26.3 Å². The fourth-order valence-electron chi connectivity index (χ4n) is 3.14. The third-order valence-electron chi connectivity index (χ3n) is 4.46. The number of amides is 1. The molecule has 0 radical (unpaired) electrons. The molecule has 0 N–H and O–H groups in total. The lowest BCUT2D eigenvalue weighted by molar-refractivity contribution is -0.422.